The Morgan fingerprint density at radius 3 is 2.55 bits per heavy atom. The molecule has 0 aliphatic carbocycles. The number of hydrogen-bond donors (Lipinski definition) is 2. The third-order valence-electron chi connectivity index (χ3n) is 2.81. The molecule has 22 heavy (non-hydrogen) atoms. The summed E-state index contributed by atoms with van der Waals surface area (Å²) in [6.07, 6.45) is 0.663. The molecule has 1 rings (SSSR count). The molecule has 0 radical (unpaired) electrons. The predicted molar refractivity (Wildman–Crippen MR) is 79.4 cm³/mol. The van der Waals surface area contributed by atoms with E-state index in [-0.39, 0.29) is 13.0 Å². The summed E-state index contributed by atoms with van der Waals surface area (Å²) in [4.78, 5) is 22.7. The highest BCUT2D eigenvalue weighted by Crippen LogP contribution is 2.27. The van der Waals surface area contributed by atoms with Crippen molar-refractivity contribution < 1.29 is 28.9 Å². The number of ether oxygens (including phenoxy) is 3. The maximum Gasteiger partial charge on any atom is 0.408 e. The molecule has 0 aromatic heterocycles. The lowest BCUT2D eigenvalue weighted by atomic mass is 10.1. The molecular formula is C15H19NO6. The van der Waals surface area contributed by atoms with E-state index in [0.717, 1.165) is 0 Å². The Labute approximate surface area is 128 Å². The molecule has 0 aliphatic rings. The molecule has 0 fully saturated rings. The summed E-state index contributed by atoms with van der Waals surface area (Å²) in [6.45, 7) is 3.41. The van der Waals surface area contributed by atoms with Crippen LogP contribution in [-0.4, -0.2) is 44.0 Å². The Kier molecular flexibility index (Phi) is 6.75. The molecule has 2 N–H and O–H groups in total. The van der Waals surface area contributed by atoms with Gasteiger partial charge in [-0.1, -0.05) is 18.7 Å². The maximum absolute atomic E-state index is 11.4. The lowest BCUT2D eigenvalue weighted by molar-refractivity contribution is -0.139. The molecule has 7 heteroatoms. The van der Waals surface area contributed by atoms with Crippen molar-refractivity contribution in [2.24, 2.45) is 0 Å². The first-order valence-electron chi connectivity index (χ1n) is 6.49. The maximum atomic E-state index is 11.4. The van der Waals surface area contributed by atoms with Crippen LogP contribution >= 0.6 is 0 Å². The fourth-order valence-corrected chi connectivity index (χ4v) is 1.76. The molecule has 0 saturated carbocycles. The van der Waals surface area contributed by atoms with E-state index in [1.54, 1.807) is 18.2 Å². The zero-order chi connectivity index (χ0) is 16.5. The first-order valence-corrected chi connectivity index (χ1v) is 6.49. The zero-order valence-electron chi connectivity index (χ0n) is 12.5. The van der Waals surface area contributed by atoms with Crippen molar-refractivity contribution in [3.63, 3.8) is 0 Å². The highest BCUT2D eigenvalue weighted by Gasteiger charge is 2.21. The number of carbonyl (C=O) groups is 2. The molecule has 7 nitrogen and oxygen atoms in total. The van der Waals surface area contributed by atoms with Crippen molar-refractivity contribution >= 4 is 12.1 Å². The Balaban J connectivity index is 2.80. The minimum Gasteiger partial charge on any atom is -0.493 e. The first-order chi connectivity index (χ1) is 10.5. The second kappa shape index (κ2) is 8.56. The quantitative estimate of drug-likeness (QED) is 0.709. The smallest absolute Gasteiger partial charge is 0.408 e. The average molecular weight is 309 g/mol. The molecule has 0 heterocycles. The third kappa shape index (κ3) is 5.01. The van der Waals surface area contributed by atoms with E-state index in [1.165, 1.54) is 20.3 Å². The van der Waals surface area contributed by atoms with Crippen LogP contribution in [0.5, 0.6) is 11.5 Å². The topological polar surface area (TPSA) is 94.1 Å². The predicted octanol–water partition coefficient (Wildman–Crippen LogP) is 1.61. The molecule has 0 bridgehead atoms. The number of aliphatic carboxylic acids is 1. The summed E-state index contributed by atoms with van der Waals surface area (Å²) < 4.78 is 15.0. The van der Waals surface area contributed by atoms with E-state index in [0.29, 0.717) is 17.1 Å². The zero-order valence-corrected chi connectivity index (χ0v) is 12.5. The number of nitrogens with one attached hydrogen (secondary N) is 1. The molecule has 0 aliphatic heterocycles. The van der Waals surface area contributed by atoms with Gasteiger partial charge in [-0.25, -0.2) is 9.59 Å². The molecule has 1 aromatic carbocycles. The fraction of sp³-hybridized carbons (Fsp3) is 0.333. The van der Waals surface area contributed by atoms with Crippen molar-refractivity contribution in [2.75, 3.05) is 20.8 Å². The number of carboxylic acids is 1. The number of methoxy groups -OCH3 is 2. The number of benzene rings is 1. The van der Waals surface area contributed by atoms with Gasteiger partial charge < -0.3 is 24.6 Å². The molecule has 0 saturated heterocycles. The SMILES string of the molecule is C=CCOC(=O)N[C@@H](Cc1ccc(OC)c(OC)c1)C(=O)O. The van der Waals surface area contributed by atoms with Crippen LogP contribution in [0.15, 0.2) is 30.9 Å². The summed E-state index contributed by atoms with van der Waals surface area (Å²) in [5, 5.41) is 11.5. The number of rotatable bonds is 8. The van der Waals surface area contributed by atoms with Crippen LogP contribution < -0.4 is 14.8 Å². The number of hydrogen-bond acceptors (Lipinski definition) is 5. The lowest BCUT2D eigenvalue weighted by Gasteiger charge is -2.15. The van der Waals surface area contributed by atoms with Crippen LogP contribution in [-0.2, 0) is 16.0 Å². The van der Waals surface area contributed by atoms with E-state index in [1.807, 2.05) is 0 Å². The Hall–Kier alpha value is -2.70. The molecule has 1 atom stereocenters. The summed E-state index contributed by atoms with van der Waals surface area (Å²) in [7, 11) is 3.00. The standard InChI is InChI=1S/C15H19NO6/c1-4-7-22-15(19)16-11(14(17)18)8-10-5-6-12(20-2)13(9-10)21-3/h4-6,9,11H,1,7-8H2,2-3H3,(H,16,19)(H,17,18)/t11-/m0/s1. The first kappa shape index (κ1) is 17.4. The van der Waals surface area contributed by atoms with Gasteiger partial charge in [0.05, 0.1) is 14.2 Å². The largest absolute Gasteiger partial charge is 0.493 e. The van der Waals surface area contributed by atoms with Gasteiger partial charge >= 0.3 is 12.1 Å². The number of amides is 1. The Morgan fingerprint density at radius 2 is 2.00 bits per heavy atom. The van der Waals surface area contributed by atoms with Gasteiger partial charge in [0.25, 0.3) is 0 Å². The number of carbonyl (C=O) groups excluding carboxylic acids is 1. The van der Waals surface area contributed by atoms with Crippen LogP contribution in [0.3, 0.4) is 0 Å². The van der Waals surface area contributed by atoms with Crippen molar-refractivity contribution in [1.29, 1.82) is 0 Å². The van der Waals surface area contributed by atoms with Crippen LogP contribution in [0.1, 0.15) is 5.56 Å². The second-order valence-electron chi connectivity index (χ2n) is 4.32. The Bertz CT molecular complexity index is 543. The molecule has 120 valence electrons. The molecule has 1 aromatic rings. The summed E-state index contributed by atoms with van der Waals surface area (Å²) >= 11 is 0. The van der Waals surface area contributed by atoms with Gasteiger partial charge in [0.1, 0.15) is 12.6 Å². The minimum absolute atomic E-state index is 0.00846. The van der Waals surface area contributed by atoms with Crippen molar-refractivity contribution in [3.05, 3.63) is 36.4 Å². The van der Waals surface area contributed by atoms with Crippen molar-refractivity contribution in [3.8, 4) is 11.5 Å². The van der Waals surface area contributed by atoms with E-state index in [2.05, 4.69) is 11.9 Å². The van der Waals surface area contributed by atoms with E-state index in [9.17, 15) is 14.7 Å². The second-order valence-corrected chi connectivity index (χ2v) is 4.32. The lowest BCUT2D eigenvalue weighted by Crippen LogP contribution is -2.42. The van der Waals surface area contributed by atoms with Gasteiger partial charge in [0.2, 0.25) is 0 Å². The minimum atomic E-state index is -1.16. The Morgan fingerprint density at radius 1 is 1.32 bits per heavy atom. The summed E-state index contributed by atoms with van der Waals surface area (Å²) in [5.41, 5.74) is 0.675. The van der Waals surface area contributed by atoms with Gasteiger partial charge in [-0.3, -0.25) is 0 Å². The van der Waals surface area contributed by atoms with Crippen LogP contribution in [0.4, 0.5) is 4.79 Å². The monoisotopic (exact) mass is 309 g/mol. The normalized spacial score (nSPS) is 11.2. The molecular weight excluding hydrogens is 290 g/mol. The number of carboxylic acid groups (broad SMARTS) is 1. The van der Waals surface area contributed by atoms with Gasteiger partial charge in [-0.05, 0) is 17.7 Å². The summed E-state index contributed by atoms with van der Waals surface area (Å²) in [6, 6.07) is 3.92. The van der Waals surface area contributed by atoms with Crippen molar-refractivity contribution in [1.82, 2.24) is 5.32 Å². The van der Waals surface area contributed by atoms with Gasteiger partial charge in [-0.2, -0.15) is 0 Å². The highest BCUT2D eigenvalue weighted by atomic mass is 16.5. The third-order valence-corrected chi connectivity index (χ3v) is 2.81. The van der Waals surface area contributed by atoms with E-state index < -0.39 is 18.1 Å². The van der Waals surface area contributed by atoms with Crippen molar-refractivity contribution in [2.45, 2.75) is 12.5 Å². The molecule has 0 unspecified atom stereocenters. The van der Waals surface area contributed by atoms with Crippen LogP contribution in [0, 0.1) is 0 Å². The van der Waals surface area contributed by atoms with Gasteiger partial charge in [-0.15, -0.1) is 0 Å². The van der Waals surface area contributed by atoms with Crippen LogP contribution in [0.2, 0.25) is 0 Å². The summed E-state index contributed by atoms with van der Waals surface area (Å²) in [5.74, 6) is -0.139. The fourth-order valence-electron chi connectivity index (χ4n) is 1.76. The molecule has 0 spiro atoms. The van der Waals surface area contributed by atoms with E-state index in [4.69, 9.17) is 14.2 Å². The van der Waals surface area contributed by atoms with Gasteiger partial charge in [0, 0.05) is 6.42 Å². The molecule has 1 amide bonds. The van der Waals surface area contributed by atoms with E-state index >= 15 is 0 Å². The average Bonchev–Trinajstić information content (AvgIpc) is 2.51. The highest BCUT2D eigenvalue weighted by molar-refractivity contribution is 5.80. The van der Waals surface area contributed by atoms with Gasteiger partial charge in [0.15, 0.2) is 11.5 Å². The van der Waals surface area contributed by atoms with Crippen LogP contribution in [0.25, 0.3) is 0 Å². The number of alkyl carbamates (subject to hydrolysis) is 1.